The monoisotopic (exact) mass is 251 g/mol. The normalized spacial score (nSPS) is 12.9. The molecule has 0 saturated carbocycles. The van der Waals surface area contributed by atoms with Gasteiger partial charge in [-0.15, -0.1) is 11.3 Å². The zero-order chi connectivity index (χ0) is 12.3. The van der Waals surface area contributed by atoms with Crippen LogP contribution in [0, 0.1) is 6.92 Å². The maximum atomic E-state index is 5.61. The highest BCUT2D eigenvalue weighted by Gasteiger charge is 2.16. The van der Waals surface area contributed by atoms with Crippen LogP contribution in [0.15, 0.2) is 17.8 Å². The van der Waals surface area contributed by atoms with Gasteiger partial charge in [-0.1, -0.05) is 6.92 Å². The van der Waals surface area contributed by atoms with Crippen LogP contribution in [0.4, 0.5) is 0 Å². The van der Waals surface area contributed by atoms with E-state index in [1.165, 1.54) is 0 Å². The van der Waals surface area contributed by atoms with Gasteiger partial charge in [-0.2, -0.15) is 5.10 Å². The van der Waals surface area contributed by atoms with Crippen molar-refractivity contribution >= 4 is 11.3 Å². The van der Waals surface area contributed by atoms with Crippen LogP contribution in [0.1, 0.15) is 35.7 Å². The van der Waals surface area contributed by atoms with Crippen molar-refractivity contribution in [3.8, 4) is 0 Å². The van der Waals surface area contributed by atoms with E-state index < -0.39 is 0 Å². The summed E-state index contributed by atoms with van der Waals surface area (Å²) >= 11 is 1.63. The van der Waals surface area contributed by atoms with Crippen LogP contribution in [-0.4, -0.2) is 14.8 Å². The maximum Gasteiger partial charge on any atom is 0.0920 e. The predicted molar refractivity (Wildman–Crippen MR) is 68.5 cm³/mol. The number of thiazole rings is 1. The van der Waals surface area contributed by atoms with Crippen molar-refractivity contribution in [3.05, 3.63) is 34.0 Å². The van der Waals surface area contributed by atoms with Gasteiger partial charge in [-0.3, -0.25) is 10.5 Å². The first-order valence-corrected chi connectivity index (χ1v) is 6.53. The van der Waals surface area contributed by atoms with Crippen LogP contribution in [0.5, 0.6) is 0 Å². The molecule has 0 aliphatic rings. The van der Waals surface area contributed by atoms with Gasteiger partial charge in [0.05, 0.1) is 22.9 Å². The summed E-state index contributed by atoms with van der Waals surface area (Å²) in [4.78, 5) is 4.45. The van der Waals surface area contributed by atoms with E-state index in [0.717, 1.165) is 29.2 Å². The molecule has 0 aliphatic heterocycles. The van der Waals surface area contributed by atoms with E-state index in [9.17, 15) is 0 Å². The Balaban J connectivity index is 2.22. The Hall–Kier alpha value is -1.24. The minimum atomic E-state index is -0.0782. The lowest BCUT2D eigenvalue weighted by Gasteiger charge is -2.10. The van der Waals surface area contributed by atoms with Crippen molar-refractivity contribution in [2.24, 2.45) is 5.84 Å². The fourth-order valence-corrected chi connectivity index (χ4v) is 2.38. The molecule has 2 aromatic heterocycles. The number of aryl methyl sites for hydroxylation is 2. The second kappa shape index (κ2) is 5.39. The van der Waals surface area contributed by atoms with E-state index in [1.807, 2.05) is 29.4 Å². The number of hydrogen-bond donors (Lipinski definition) is 2. The van der Waals surface area contributed by atoms with Crippen molar-refractivity contribution < 1.29 is 0 Å². The van der Waals surface area contributed by atoms with Gasteiger partial charge < -0.3 is 0 Å². The van der Waals surface area contributed by atoms with Gasteiger partial charge in [0, 0.05) is 23.7 Å². The lowest BCUT2D eigenvalue weighted by molar-refractivity contribution is 0.596. The maximum absolute atomic E-state index is 5.61. The van der Waals surface area contributed by atoms with Crippen LogP contribution in [0.3, 0.4) is 0 Å². The molecule has 6 heteroatoms. The Labute approximate surface area is 105 Å². The largest absolute Gasteiger partial charge is 0.272 e. The first-order chi connectivity index (χ1) is 8.24. The van der Waals surface area contributed by atoms with Crippen LogP contribution < -0.4 is 11.3 Å². The topological polar surface area (TPSA) is 68.8 Å². The van der Waals surface area contributed by atoms with Gasteiger partial charge in [0.25, 0.3) is 0 Å². The van der Waals surface area contributed by atoms with E-state index in [2.05, 4.69) is 22.4 Å². The summed E-state index contributed by atoms with van der Waals surface area (Å²) in [7, 11) is 0. The Kier molecular flexibility index (Phi) is 3.88. The zero-order valence-electron chi connectivity index (χ0n) is 10.1. The molecule has 5 nitrogen and oxygen atoms in total. The van der Waals surface area contributed by atoms with Crippen LogP contribution in [0.2, 0.25) is 0 Å². The second-order valence-electron chi connectivity index (χ2n) is 3.93. The van der Waals surface area contributed by atoms with Crippen LogP contribution in [-0.2, 0) is 6.54 Å². The molecular weight excluding hydrogens is 234 g/mol. The molecule has 0 bridgehead atoms. The molecule has 0 spiro atoms. The molecule has 0 fully saturated rings. The summed E-state index contributed by atoms with van der Waals surface area (Å²) in [6.45, 7) is 5.04. The van der Waals surface area contributed by atoms with Gasteiger partial charge in [-0.05, 0) is 13.3 Å². The van der Waals surface area contributed by atoms with E-state index in [0.29, 0.717) is 0 Å². The molecule has 2 aromatic rings. The average Bonchev–Trinajstić information content (AvgIpc) is 2.91. The first kappa shape index (κ1) is 12.2. The molecule has 1 atom stereocenters. The Morgan fingerprint density at radius 3 is 3.00 bits per heavy atom. The predicted octanol–water partition coefficient (Wildman–Crippen LogP) is 1.61. The lowest BCUT2D eigenvalue weighted by atomic mass is 10.1. The average molecular weight is 251 g/mol. The third-order valence-electron chi connectivity index (χ3n) is 2.54. The summed E-state index contributed by atoms with van der Waals surface area (Å²) in [6.07, 6.45) is 4.93. The molecule has 1 unspecified atom stereocenters. The summed E-state index contributed by atoms with van der Waals surface area (Å²) < 4.78 is 1.93. The zero-order valence-corrected chi connectivity index (χ0v) is 10.9. The van der Waals surface area contributed by atoms with Gasteiger partial charge in [0.2, 0.25) is 0 Å². The van der Waals surface area contributed by atoms with E-state index in [4.69, 9.17) is 5.84 Å². The molecule has 0 aliphatic carbocycles. The van der Waals surface area contributed by atoms with E-state index in [-0.39, 0.29) is 6.04 Å². The third kappa shape index (κ3) is 2.71. The summed E-state index contributed by atoms with van der Waals surface area (Å²) in [5, 5.41) is 7.37. The second-order valence-corrected chi connectivity index (χ2v) is 4.99. The van der Waals surface area contributed by atoms with E-state index in [1.54, 1.807) is 11.3 Å². The molecular formula is C11H17N5S. The SMILES string of the molecule is CCCn1cc(C(NN)c2csc(C)n2)cn1. The van der Waals surface area contributed by atoms with Gasteiger partial charge in [0.15, 0.2) is 0 Å². The lowest BCUT2D eigenvalue weighted by Crippen LogP contribution is -2.28. The molecule has 0 amide bonds. The van der Waals surface area contributed by atoms with Crippen LogP contribution in [0.25, 0.3) is 0 Å². The first-order valence-electron chi connectivity index (χ1n) is 5.65. The van der Waals surface area contributed by atoms with Crippen molar-refractivity contribution in [2.45, 2.75) is 32.9 Å². The molecule has 0 radical (unpaired) electrons. The minimum absolute atomic E-state index is 0.0782. The number of hydrazine groups is 1. The van der Waals surface area contributed by atoms with Gasteiger partial charge in [-0.25, -0.2) is 10.4 Å². The van der Waals surface area contributed by atoms with Crippen molar-refractivity contribution in [2.75, 3.05) is 0 Å². The van der Waals surface area contributed by atoms with Crippen molar-refractivity contribution in [3.63, 3.8) is 0 Å². The highest BCUT2D eigenvalue weighted by atomic mass is 32.1. The van der Waals surface area contributed by atoms with E-state index >= 15 is 0 Å². The molecule has 3 N–H and O–H groups in total. The minimum Gasteiger partial charge on any atom is -0.272 e. The quantitative estimate of drug-likeness (QED) is 0.626. The fourth-order valence-electron chi connectivity index (χ4n) is 1.75. The number of nitrogens with zero attached hydrogens (tertiary/aromatic N) is 3. The van der Waals surface area contributed by atoms with Gasteiger partial charge in [0.1, 0.15) is 0 Å². The molecule has 17 heavy (non-hydrogen) atoms. The fraction of sp³-hybridized carbons (Fsp3) is 0.455. The van der Waals surface area contributed by atoms with Gasteiger partial charge >= 0.3 is 0 Å². The highest BCUT2D eigenvalue weighted by Crippen LogP contribution is 2.22. The number of nitrogens with two attached hydrogens (primary N) is 1. The summed E-state index contributed by atoms with van der Waals surface area (Å²) in [5.41, 5.74) is 4.79. The Morgan fingerprint density at radius 1 is 1.59 bits per heavy atom. The summed E-state index contributed by atoms with van der Waals surface area (Å²) in [5.74, 6) is 5.61. The Morgan fingerprint density at radius 2 is 2.41 bits per heavy atom. The number of rotatable bonds is 5. The molecule has 92 valence electrons. The highest BCUT2D eigenvalue weighted by molar-refractivity contribution is 7.09. The number of hydrogen-bond acceptors (Lipinski definition) is 5. The molecule has 2 heterocycles. The third-order valence-corrected chi connectivity index (χ3v) is 3.33. The Bertz CT molecular complexity index is 476. The smallest absolute Gasteiger partial charge is 0.0920 e. The molecule has 2 rings (SSSR count). The standard InChI is InChI=1S/C11H17N5S/c1-3-4-16-6-9(5-13-16)11(15-12)10-7-17-8(2)14-10/h5-7,11,15H,3-4,12H2,1-2H3. The molecule has 0 saturated heterocycles. The van der Waals surface area contributed by atoms with Crippen LogP contribution >= 0.6 is 11.3 Å². The number of nitrogens with one attached hydrogen (secondary N) is 1. The summed E-state index contributed by atoms with van der Waals surface area (Å²) in [6, 6.07) is -0.0782. The molecule has 0 aromatic carbocycles. The van der Waals surface area contributed by atoms with Crippen molar-refractivity contribution in [1.29, 1.82) is 0 Å². The number of aromatic nitrogens is 3. The van der Waals surface area contributed by atoms with Crippen molar-refractivity contribution in [1.82, 2.24) is 20.2 Å².